The lowest BCUT2D eigenvalue weighted by Crippen LogP contribution is -2.24. The molecule has 0 spiro atoms. The number of para-hydroxylation sites is 1. The van der Waals surface area contributed by atoms with Crippen LogP contribution in [0.2, 0.25) is 0 Å². The van der Waals surface area contributed by atoms with Crippen molar-refractivity contribution in [2.45, 2.75) is 34.3 Å². The molecule has 0 saturated heterocycles. The van der Waals surface area contributed by atoms with Gasteiger partial charge in [-0.25, -0.2) is 4.98 Å². The zero-order valence-corrected chi connectivity index (χ0v) is 16.0. The van der Waals surface area contributed by atoms with Gasteiger partial charge < -0.3 is 0 Å². The fourth-order valence-corrected chi connectivity index (χ4v) is 5.08. The second-order valence-electron chi connectivity index (χ2n) is 5.07. The summed E-state index contributed by atoms with van der Waals surface area (Å²) in [7, 11) is 0. The molecule has 0 radical (unpaired) electrons. The zero-order valence-electron chi connectivity index (χ0n) is 13.5. The van der Waals surface area contributed by atoms with Crippen LogP contribution in [0.4, 0.5) is 0 Å². The monoisotopic (exact) mass is 389 g/mol. The van der Waals surface area contributed by atoms with Crippen LogP contribution in [-0.2, 0) is 12.3 Å². The van der Waals surface area contributed by atoms with E-state index in [9.17, 15) is 4.79 Å². The lowest BCUT2D eigenvalue weighted by Gasteiger charge is -2.09. The molecule has 6 nitrogen and oxygen atoms in total. The fraction of sp³-hybridized carbons (Fsp3) is 0.312. The first kappa shape index (κ1) is 17.9. The molecule has 0 saturated carbocycles. The highest BCUT2D eigenvalue weighted by Gasteiger charge is 2.12. The maximum absolute atomic E-state index is 12.6. The molecule has 2 aromatic heterocycles. The number of rotatable bonds is 7. The number of nitriles is 1. The van der Waals surface area contributed by atoms with Crippen molar-refractivity contribution in [2.75, 3.05) is 5.75 Å². The topological polar surface area (TPSA) is 84.5 Å². The van der Waals surface area contributed by atoms with Gasteiger partial charge >= 0.3 is 0 Å². The van der Waals surface area contributed by atoms with Crippen molar-refractivity contribution in [3.05, 3.63) is 40.4 Å². The van der Waals surface area contributed by atoms with Crippen LogP contribution in [0.15, 0.2) is 37.7 Å². The zero-order chi connectivity index (χ0) is 17.6. The second kappa shape index (κ2) is 8.47. The van der Waals surface area contributed by atoms with E-state index in [4.69, 9.17) is 5.26 Å². The van der Waals surface area contributed by atoms with Gasteiger partial charge in [-0.05, 0) is 18.6 Å². The molecule has 0 amide bonds. The fourth-order valence-electron chi connectivity index (χ4n) is 2.19. The summed E-state index contributed by atoms with van der Waals surface area (Å²) in [5.74, 6) is 2.07. The van der Waals surface area contributed by atoms with Crippen molar-refractivity contribution < 1.29 is 0 Å². The van der Waals surface area contributed by atoms with E-state index >= 15 is 0 Å². The molecule has 0 aliphatic rings. The minimum absolute atomic E-state index is 0.0136. The molecule has 9 heteroatoms. The lowest BCUT2D eigenvalue weighted by atomic mass is 10.2. The Labute approximate surface area is 157 Å². The summed E-state index contributed by atoms with van der Waals surface area (Å²) < 4.78 is 3.22. The van der Waals surface area contributed by atoms with Gasteiger partial charge in [0.25, 0.3) is 5.56 Å². The van der Waals surface area contributed by atoms with E-state index < -0.39 is 0 Å². The molecular formula is C16H15N5OS3. The van der Waals surface area contributed by atoms with E-state index in [0.29, 0.717) is 22.5 Å². The van der Waals surface area contributed by atoms with Gasteiger partial charge in [-0.2, -0.15) is 5.26 Å². The number of thioether (sulfide) groups is 2. The second-order valence-corrected chi connectivity index (χ2v) is 8.61. The smallest absolute Gasteiger partial charge is 0.262 e. The quantitative estimate of drug-likeness (QED) is 0.571. The molecular weight excluding hydrogens is 374 g/mol. The first-order chi connectivity index (χ1) is 12.2. The van der Waals surface area contributed by atoms with Crippen LogP contribution in [-0.4, -0.2) is 25.5 Å². The van der Waals surface area contributed by atoms with Crippen molar-refractivity contribution in [1.29, 1.82) is 5.26 Å². The molecule has 0 aliphatic heterocycles. The molecule has 0 N–H and O–H groups in total. The summed E-state index contributed by atoms with van der Waals surface area (Å²) in [4.78, 5) is 17.2. The van der Waals surface area contributed by atoms with Crippen LogP contribution in [0.3, 0.4) is 0 Å². The van der Waals surface area contributed by atoms with E-state index in [-0.39, 0.29) is 12.1 Å². The molecule has 0 aliphatic carbocycles. The van der Waals surface area contributed by atoms with Gasteiger partial charge in [0.1, 0.15) is 12.4 Å². The lowest BCUT2D eigenvalue weighted by molar-refractivity contribution is 0.730. The molecule has 0 unspecified atom stereocenters. The Morgan fingerprint density at radius 3 is 2.76 bits per heavy atom. The number of hydrogen-bond donors (Lipinski definition) is 0. The molecule has 0 atom stereocenters. The predicted molar refractivity (Wildman–Crippen MR) is 102 cm³/mol. The minimum atomic E-state index is -0.181. The van der Waals surface area contributed by atoms with Gasteiger partial charge in [0.15, 0.2) is 8.68 Å². The first-order valence-electron chi connectivity index (χ1n) is 7.67. The molecule has 0 fully saturated rings. The molecule has 3 aromatic rings. The maximum Gasteiger partial charge on any atom is 0.262 e. The van der Waals surface area contributed by atoms with E-state index in [1.165, 1.54) is 16.3 Å². The third-order valence-electron chi connectivity index (χ3n) is 3.31. The van der Waals surface area contributed by atoms with E-state index in [0.717, 1.165) is 20.9 Å². The third-order valence-corrected chi connectivity index (χ3v) is 6.70. The first-order valence-corrected chi connectivity index (χ1v) is 10.5. The SMILES string of the molecule is CCCSc1nnc(SCc2nc3ccccc3c(=O)n2CC#N)s1. The Kier molecular flexibility index (Phi) is 6.07. The van der Waals surface area contributed by atoms with E-state index in [2.05, 4.69) is 22.1 Å². The molecule has 128 valence electrons. The van der Waals surface area contributed by atoms with Gasteiger partial charge in [0.05, 0.1) is 22.7 Å². The van der Waals surface area contributed by atoms with Crippen LogP contribution < -0.4 is 5.56 Å². The van der Waals surface area contributed by atoms with Gasteiger partial charge in [-0.3, -0.25) is 9.36 Å². The molecule has 25 heavy (non-hydrogen) atoms. The molecule has 2 heterocycles. The maximum atomic E-state index is 12.6. The van der Waals surface area contributed by atoms with Crippen LogP contribution in [0.5, 0.6) is 0 Å². The van der Waals surface area contributed by atoms with Gasteiger partial charge in [0, 0.05) is 5.75 Å². The molecule has 0 bridgehead atoms. The molecule has 1 aromatic carbocycles. The van der Waals surface area contributed by atoms with Crippen molar-refractivity contribution in [3.8, 4) is 6.07 Å². The highest BCUT2D eigenvalue weighted by molar-refractivity contribution is 8.02. The van der Waals surface area contributed by atoms with E-state index in [1.54, 1.807) is 35.2 Å². The van der Waals surface area contributed by atoms with Crippen LogP contribution in [0.1, 0.15) is 19.2 Å². The highest BCUT2D eigenvalue weighted by atomic mass is 32.2. The Hall–Kier alpha value is -1.89. The number of nitrogens with zero attached hydrogens (tertiary/aromatic N) is 5. The third kappa shape index (κ3) is 4.21. The normalized spacial score (nSPS) is 10.9. The molecule has 3 rings (SSSR count). The summed E-state index contributed by atoms with van der Waals surface area (Å²) in [6.07, 6.45) is 1.09. The average molecular weight is 390 g/mol. The van der Waals surface area contributed by atoms with Crippen molar-refractivity contribution >= 4 is 45.8 Å². The van der Waals surface area contributed by atoms with Crippen LogP contribution >= 0.6 is 34.9 Å². The summed E-state index contributed by atoms with van der Waals surface area (Å²) >= 11 is 4.72. The van der Waals surface area contributed by atoms with Gasteiger partial charge in [0.2, 0.25) is 0 Å². The number of aromatic nitrogens is 4. The largest absolute Gasteiger partial charge is 0.281 e. The van der Waals surface area contributed by atoms with E-state index in [1.807, 2.05) is 18.2 Å². The van der Waals surface area contributed by atoms with Crippen molar-refractivity contribution in [3.63, 3.8) is 0 Å². The van der Waals surface area contributed by atoms with Gasteiger partial charge in [-0.15, -0.1) is 10.2 Å². The number of fused-ring (bicyclic) bond motifs is 1. The summed E-state index contributed by atoms with van der Waals surface area (Å²) in [6, 6.07) is 9.23. The summed E-state index contributed by atoms with van der Waals surface area (Å²) in [5.41, 5.74) is 0.466. The minimum Gasteiger partial charge on any atom is -0.281 e. The Morgan fingerprint density at radius 1 is 1.24 bits per heavy atom. The van der Waals surface area contributed by atoms with Crippen molar-refractivity contribution in [1.82, 2.24) is 19.7 Å². The number of benzene rings is 1. The Balaban J connectivity index is 1.85. The predicted octanol–water partition coefficient (Wildman–Crippen LogP) is 3.57. The Bertz CT molecular complexity index is 976. The average Bonchev–Trinajstić information content (AvgIpc) is 3.09. The highest BCUT2D eigenvalue weighted by Crippen LogP contribution is 2.30. The summed E-state index contributed by atoms with van der Waals surface area (Å²) in [6.45, 7) is 2.11. The van der Waals surface area contributed by atoms with Crippen LogP contribution in [0.25, 0.3) is 10.9 Å². The number of hydrogen-bond acceptors (Lipinski definition) is 8. The van der Waals surface area contributed by atoms with Crippen molar-refractivity contribution in [2.24, 2.45) is 0 Å². The summed E-state index contributed by atoms with van der Waals surface area (Å²) in [5, 5.41) is 17.9. The van der Waals surface area contributed by atoms with Gasteiger partial charge in [-0.1, -0.05) is 53.9 Å². The standard InChI is InChI=1S/C16H15N5OS3/c1-2-9-23-15-19-20-16(25-15)24-10-13-18-12-6-4-3-5-11(12)14(22)21(13)8-7-17/h3-6H,2,8-10H2,1H3. The van der Waals surface area contributed by atoms with Crippen LogP contribution in [0, 0.1) is 11.3 Å². The Morgan fingerprint density at radius 2 is 2.00 bits per heavy atom.